The van der Waals surface area contributed by atoms with Gasteiger partial charge in [-0.15, -0.1) is 5.53 Å². The molecule has 2 aliphatic rings. The molecule has 2 aliphatic heterocycles. The average molecular weight is 327 g/mol. The minimum absolute atomic E-state index is 0.322. The number of rotatable bonds is 3. The van der Waals surface area contributed by atoms with Crippen LogP contribution in [0.25, 0.3) is 0 Å². The third kappa shape index (κ3) is 2.58. The molecule has 8 nitrogen and oxygen atoms in total. The molecule has 0 radical (unpaired) electrons. The molecule has 110 valence electrons. The number of hydrogen-bond donors (Lipinski definition) is 2. The maximum absolute atomic E-state index is 12.4. The summed E-state index contributed by atoms with van der Waals surface area (Å²) >= 11 is 6.03. The first kappa shape index (κ1) is 13.9. The number of aliphatic imine (C=N–C) groups is 2. The van der Waals surface area contributed by atoms with Crippen LogP contribution in [0.1, 0.15) is 5.56 Å². The number of anilines is 1. The van der Waals surface area contributed by atoms with Crippen LogP contribution in [0.4, 0.5) is 5.69 Å². The summed E-state index contributed by atoms with van der Waals surface area (Å²) in [6.45, 7) is 1.76. The summed E-state index contributed by atoms with van der Waals surface area (Å²) in [5, 5.41) is 1.70. The number of nitrogens with one attached hydrogen (secondary N) is 2. The van der Waals surface area contributed by atoms with Crippen molar-refractivity contribution in [2.24, 2.45) is 9.98 Å². The summed E-state index contributed by atoms with van der Waals surface area (Å²) in [6.07, 6.45) is 4.07. The van der Waals surface area contributed by atoms with Crippen molar-refractivity contribution in [3.8, 4) is 0 Å². The lowest BCUT2D eigenvalue weighted by Gasteiger charge is -2.21. The number of benzene rings is 1. The van der Waals surface area contributed by atoms with E-state index in [1.807, 2.05) is 0 Å². The van der Waals surface area contributed by atoms with Gasteiger partial charge in [0, 0.05) is 0 Å². The van der Waals surface area contributed by atoms with Crippen molar-refractivity contribution < 1.29 is 8.42 Å². The van der Waals surface area contributed by atoms with Crippen molar-refractivity contribution in [1.82, 2.24) is 15.0 Å². The summed E-state index contributed by atoms with van der Waals surface area (Å²) in [4.78, 5) is 7.73. The van der Waals surface area contributed by atoms with E-state index in [1.54, 1.807) is 25.1 Å². The number of hydrazine groups is 2. The summed E-state index contributed by atoms with van der Waals surface area (Å²) < 4.78 is 28.1. The fourth-order valence-corrected chi connectivity index (χ4v) is 3.17. The van der Waals surface area contributed by atoms with Gasteiger partial charge in [0.1, 0.15) is 12.7 Å². The zero-order valence-electron chi connectivity index (χ0n) is 10.9. The van der Waals surface area contributed by atoms with Crippen LogP contribution >= 0.6 is 11.6 Å². The van der Waals surface area contributed by atoms with Gasteiger partial charge in [0.15, 0.2) is 5.82 Å². The lowest BCUT2D eigenvalue weighted by atomic mass is 10.2. The second kappa shape index (κ2) is 5.02. The molecule has 0 unspecified atom stereocenters. The molecule has 0 bridgehead atoms. The van der Waals surface area contributed by atoms with Crippen molar-refractivity contribution in [2.45, 2.75) is 6.92 Å². The molecule has 21 heavy (non-hydrogen) atoms. The highest BCUT2D eigenvalue weighted by Gasteiger charge is 2.30. The number of hydrogen-bond acceptors (Lipinski definition) is 6. The fraction of sp³-hybridized carbons (Fsp3) is 0.0909. The molecule has 1 aromatic carbocycles. The third-order valence-corrected chi connectivity index (χ3v) is 4.32. The normalized spacial score (nSPS) is 17.0. The Balaban J connectivity index is 1.87. The SMILES string of the molecule is Cc1cccc(Cl)c1NS(=O)(=O)N1C=C2N=CN=CN2N1. The predicted octanol–water partition coefficient (Wildman–Crippen LogP) is 1.21. The molecule has 0 amide bonds. The van der Waals surface area contributed by atoms with Crippen LogP contribution in [-0.4, -0.2) is 30.5 Å². The molecule has 0 fully saturated rings. The van der Waals surface area contributed by atoms with E-state index >= 15 is 0 Å². The quantitative estimate of drug-likeness (QED) is 0.873. The molecule has 2 N–H and O–H groups in total. The van der Waals surface area contributed by atoms with Gasteiger partial charge < -0.3 is 0 Å². The molecule has 0 saturated heterocycles. The summed E-state index contributed by atoms with van der Waals surface area (Å²) in [7, 11) is -3.88. The van der Waals surface area contributed by atoms with Gasteiger partial charge in [0.05, 0.1) is 16.9 Å². The van der Waals surface area contributed by atoms with Crippen LogP contribution in [0.15, 0.2) is 40.2 Å². The number of fused-ring (bicyclic) bond motifs is 1. The van der Waals surface area contributed by atoms with Crippen molar-refractivity contribution in [3.05, 3.63) is 40.8 Å². The van der Waals surface area contributed by atoms with Gasteiger partial charge in [0.25, 0.3) is 0 Å². The Bertz CT molecular complexity index is 753. The average Bonchev–Trinajstić information content (AvgIpc) is 2.88. The van der Waals surface area contributed by atoms with E-state index in [0.717, 1.165) is 9.98 Å². The van der Waals surface area contributed by atoms with Crippen molar-refractivity contribution in [3.63, 3.8) is 0 Å². The van der Waals surface area contributed by atoms with Gasteiger partial charge in [-0.25, -0.2) is 15.0 Å². The number of halogens is 1. The van der Waals surface area contributed by atoms with Gasteiger partial charge >= 0.3 is 10.2 Å². The van der Waals surface area contributed by atoms with E-state index in [9.17, 15) is 8.42 Å². The van der Waals surface area contributed by atoms with Crippen molar-refractivity contribution in [1.29, 1.82) is 0 Å². The molecule has 3 rings (SSSR count). The van der Waals surface area contributed by atoms with Crippen LogP contribution in [-0.2, 0) is 10.2 Å². The second-order valence-electron chi connectivity index (χ2n) is 4.30. The largest absolute Gasteiger partial charge is 0.338 e. The Kier molecular flexibility index (Phi) is 3.32. The first-order valence-corrected chi connectivity index (χ1v) is 7.70. The van der Waals surface area contributed by atoms with Crippen LogP contribution in [0, 0.1) is 6.92 Å². The van der Waals surface area contributed by atoms with E-state index in [2.05, 4.69) is 20.2 Å². The molecule has 0 spiro atoms. The monoisotopic (exact) mass is 326 g/mol. The van der Waals surface area contributed by atoms with Crippen LogP contribution < -0.4 is 10.3 Å². The standard InChI is InChI=1S/C11H11ClN6O2S/c1-8-3-2-4-9(12)11(8)15-21(19,20)18-5-10-14-6-13-7-17(10)16-18/h2-7,15-16H,1H3. The molecule has 10 heteroatoms. The lowest BCUT2D eigenvalue weighted by molar-refractivity contribution is 0.285. The highest BCUT2D eigenvalue weighted by molar-refractivity contribution is 7.90. The minimum atomic E-state index is -3.88. The number of nitrogens with zero attached hydrogens (tertiary/aromatic N) is 4. The van der Waals surface area contributed by atoms with Crippen molar-refractivity contribution >= 4 is 40.2 Å². The van der Waals surface area contributed by atoms with Gasteiger partial charge in [-0.1, -0.05) is 23.7 Å². The second-order valence-corrected chi connectivity index (χ2v) is 6.26. The third-order valence-electron chi connectivity index (χ3n) is 2.84. The predicted molar refractivity (Wildman–Crippen MR) is 80.6 cm³/mol. The molecule has 2 heterocycles. The van der Waals surface area contributed by atoms with Gasteiger partial charge in [-0.2, -0.15) is 12.8 Å². The molecular weight excluding hydrogens is 316 g/mol. The van der Waals surface area contributed by atoms with E-state index in [4.69, 9.17) is 11.6 Å². The molecule has 0 aliphatic carbocycles. The summed E-state index contributed by atoms with van der Waals surface area (Å²) in [5.41, 5.74) is 3.66. The molecule has 0 aromatic heterocycles. The smallest absolute Gasteiger partial charge is 0.264 e. The highest BCUT2D eigenvalue weighted by Crippen LogP contribution is 2.27. The van der Waals surface area contributed by atoms with E-state index in [-0.39, 0.29) is 0 Å². The number of para-hydroxylation sites is 1. The summed E-state index contributed by atoms with van der Waals surface area (Å²) in [6, 6.07) is 5.12. The van der Waals surface area contributed by atoms with Crippen LogP contribution in [0.3, 0.4) is 0 Å². The maximum Gasteiger partial charge on any atom is 0.338 e. The molecular formula is C11H11ClN6O2S. The highest BCUT2D eigenvalue weighted by atomic mass is 35.5. The maximum atomic E-state index is 12.4. The Morgan fingerprint density at radius 1 is 1.38 bits per heavy atom. The Hall–Kier alpha value is -2.10. The molecule has 0 saturated carbocycles. The van der Waals surface area contributed by atoms with Crippen LogP contribution in [0.5, 0.6) is 0 Å². The van der Waals surface area contributed by atoms with Gasteiger partial charge in [-0.05, 0) is 18.6 Å². The van der Waals surface area contributed by atoms with Crippen molar-refractivity contribution in [2.75, 3.05) is 4.72 Å². The number of aryl methyl sites for hydroxylation is 1. The van der Waals surface area contributed by atoms with Crippen LogP contribution in [0.2, 0.25) is 5.02 Å². The van der Waals surface area contributed by atoms with Gasteiger partial charge in [-0.3, -0.25) is 4.72 Å². The Morgan fingerprint density at radius 2 is 2.19 bits per heavy atom. The lowest BCUT2D eigenvalue weighted by Crippen LogP contribution is -2.45. The first-order valence-electron chi connectivity index (χ1n) is 5.88. The fourth-order valence-electron chi connectivity index (χ4n) is 1.79. The van der Waals surface area contributed by atoms with E-state index < -0.39 is 10.2 Å². The zero-order valence-corrected chi connectivity index (χ0v) is 12.4. The van der Waals surface area contributed by atoms with E-state index in [1.165, 1.54) is 23.9 Å². The van der Waals surface area contributed by atoms with E-state index in [0.29, 0.717) is 16.5 Å². The minimum Gasteiger partial charge on any atom is -0.264 e. The Morgan fingerprint density at radius 3 is 2.90 bits per heavy atom. The molecule has 1 aromatic rings. The Labute approximate surface area is 126 Å². The summed E-state index contributed by atoms with van der Waals surface area (Å²) in [5.74, 6) is 0.409. The van der Waals surface area contributed by atoms with Gasteiger partial charge in [0.2, 0.25) is 0 Å². The molecule has 0 atom stereocenters. The topological polar surface area (TPSA) is 89.4 Å². The zero-order chi connectivity index (χ0) is 15.0. The first-order chi connectivity index (χ1) is 9.97.